The third-order valence-electron chi connectivity index (χ3n) is 7.91. The minimum atomic E-state index is -4.58. The van der Waals surface area contributed by atoms with Gasteiger partial charge in [0.25, 0.3) is 5.91 Å². The predicted octanol–water partition coefficient (Wildman–Crippen LogP) is 2.96. The highest BCUT2D eigenvalue weighted by molar-refractivity contribution is 5.96. The molecule has 0 unspecified atom stereocenters. The van der Waals surface area contributed by atoms with Crippen LogP contribution >= 0.6 is 0 Å². The van der Waals surface area contributed by atoms with Gasteiger partial charge in [0.15, 0.2) is 11.5 Å². The van der Waals surface area contributed by atoms with E-state index in [-0.39, 0.29) is 18.3 Å². The molecule has 4 N–H and O–H groups in total. The SMILES string of the molecule is O=C(CNC(=O)c1cccc(C(F)(F)F)c1)N[C@@]1(C2CCC(c3ccc4c(c3)OCO4)CC2)CNC[C@@H]1O. The Labute approximate surface area is 217 Å². The van der Waals surface area contributed by atoms with Crippen LogP contribution in [-0.2, 0) is 11.0 Å². The maximum absolute atomic E-state index is 13.0. The Balaban J connectivity index is 1.20. The molecule has 2 atom stereocenters. The fourth-order valence-corrected chi connectivity index (χ4v) is 5.87. The topological polar surface area (TPSA) is 109 Å². The minimum absolute atomic E-state index is 0.0147. The van der Waals surface area contributed by atoms with Crippen LogP contribution in [0.2, 0.25) is 0 Å². The second-order valence-electron chi connectivity index (χ2n) is 10.2. The number of fused-ring (bicyclic) bond motifs is 1. The highest BCUT2D eigenvalue weighted by Gasteiger charge is 2.50. The molecule has 11 heteroatoms. The van der Waals surface area contributed by atoms with Gasteiger partial charge in [0, 0.05) is 18.7 Å². The van der Waals surface area contributed by atoms with Gasteiger partial charge in [-0.3, -0.25) is 9.59 Å². The summed E-state index contributed by atoms with van der Waals surface area (Å²) in [5.41, 5.74) is -0.845. The summed E-state index contributed by atoms with van der Waals surface area (Å²) >= 11 is 0. The first kappa shape index (κ1) is 26.3. The third-order valence-corrected chi connectivity index (χ3v) is 7.91. The van der Waals surface area contributed by atoms with Crippen molar-refractivity contribution >= 4 is 11.8 Å². The lowest BCUT2D eigenvalue weighted by molar-refractivity contribution is -0.137. The number of ether oxygens (including phenoxy) is 2. The van der Waals surface area contributed by atoms with Crippen LogP contribution in [0.1, 0.15) is 53.1 Å². The van der Waals surface area contributed by atoms with Crippen molar-refractivity contribution in [3.05, 3.63) is 59.2 Å². The molecule has 0 bridgehead atoms. The van der Waals surface area contributed by atoms with Gasteiger partial charge >= 0.3 is 6.18 Å². The summed E-state index contributed by atoms with van der Waals surface area (Å²) in [6.07, 6.45) is -2.06. The number of nitrogens with one attached hydrogen (secondary N) is 3. The molecule has 3 aliphatic rings. The molecule has 2 amide bonds. The largest absolute Gasteiger partial charge is 0.454 e. The Morgan fingerprint density at radius 2 is 1.82 bits per heavy atom. The van der Waals surface area contributed by atoms with Gasteiger partial charge in [-0.25, -0.2) is 0 Å². The lowest BCUT2D eigenvalue weighted by atomic mass is 9.69. The molecule has 2 aromatic carbocycles. The Morgan fingerprint density at radius 1 is 1.05 bits per heavy atom. The lowest BCUT2D eigenvalue weighted by Gasteiger charge is -2.43. The third kappa shape index (κ3) is 5.30. The van der Waals surface area contributed by atoms with Gasteiger partial charge in [-0.05, 0) is 73.4 Å². The van der Waals surface area contributed by atoms with E-state index in [9.17, 15) is 27.9 Å². The molecular weight excluding hydrogens is 503 g/mol. The number of amides is 2. The molecule has 5 rings (SSSR count). The molecule has 2 aliphatic heterocycles. The summed E-state index contributed by atoms with van der Waals surface area (Å²) in [6, 6.07) is 10.0. The minimum Gasteiger partial charge on any atom is -0.454 e. The molecule has 0 aromatic heterocycles. The molecule has 2 fully saturated rings. The fraction of sp³-hybridized carbons (Fsp3) is 0.481. The van der Waals surface area contributed by atoms with E-state index in [1.54, 1.807) is 0 Å². The van der Waals surface area contributed by atoms with Crippen molar-refractivity contribution in [3.63, 3.8) is 0 Å². The number of carbonyl (C=O) groups is 2. The van der Waals surface area contributed by atoms with E-state index < -0.39 is 41.7 Å². The quantitative estimate of drug-likeness (QED) is 0.455. The van der Waals surface area contributed by atoms with E-state index in [4.69, 9.17) is 9.47 Å². The molecule has 1 saturated heterocycles. The summed E-state index contributed by atoms with van der Waals surface area (Å²) in [4.78, 5) is 25.3. The van der Waals surface area contributed by atoms with Crippen LogP contribution in [0.3, 0.4) is 0 Å². The lowest BCUT2D eigenvalue weighted by Crippen LogP contribution is -2.63. The summed E-state index contributed by atoms with van der Waals surface area (Å²) < 4.78 is 49.8. The number of aliphatic hydroxyl groups excluding tert-OH is 1. The zero-order valence-electron chi connectivity index (χ0n) is 20.6. The molecule has 1 aliphatic carbocycles. The Hall–Kier alpha value is -3.31. The monoisotopic (exact) mass is 533 g/mol. The zero-order valence-corrected chi connectivity index (χ0v) is 20.6. The van der Waals surface area contributed by atoms with Gasteiger partial charge in [0.2, 0.25) is 12.7 Å². The Bertz CT molecular complexity index is 1200. The van der Waals surface area contributed by atoms with E-state index >= 15 is 0 Å². The first-order valence-electron chi connectivity index (χ1n) is 12.7. The van der Waals surface area contributed by atoms with Crippen molar-refractivity contribution in [1.82, 2.24) is 16.0 Å². The molecule has 38 heavy (non-hydrogen) atoms. The first-order valence-corrected chi connectivity index (χ1v) is 12.7. The van der Waals surface area contributed by atoms with Gasteiger partial charge in [-0.2, -0.15) is 13.2 Å². The number of rotatable bonds is 6. The van der Waals surface area contributed by atoms with Crippen LogP contribution < -0.4 is 25.4 Å². The van der Waals surface area contributed by atoms with E-state index in [1.165, 1.54) is 11.6 Å². The van der Waals surface area contributed by atoms with Crippen LogP contribution in [0.25, 0.3) is 0 Å². The number of benzene rings is 2. The van der Waals surface area contributed by atoms with Crippen LogP contribution in [-0.4, -0.2) is 55.0 Å². The normalized spacial score (nSPS) is 26.7. The number of alkyl halides is 3. The Morgan fingerprint density at radius 3 is 2.53 bits per heavy atom. The predicted molar refractivity (Wildman–Crippen MR) is 131 cm³/mol. The second-order valence-corrected chi connectivity index (χ2v) is 10.2. The van der Waals surface area contributed by atoms with E-state index in [2.05, 4.69) is 22.0 Å². The van der Waals surface area contributed by atoms with Crippen molar-refractivity contribution < 1.29 is 37.3 Å². The van der Waals surface area contributed by atoms with Crippen LogP contribution in [0.5, 0.6) is 11.5 Å². The smallest absolute Gasteiger partial charge is 0.416 e. The molecule has 2 aromatic rings. The number of β-amino-alcohol motifs (C(OH)–C–C–N with tert-alkyl or cyclic N) is 1. The van der Waals surface area contributed by atoms with Gasteiger partial charge in [-0.1, -0.05) is 12.1 Å². The second kappa shape index (κ2) is 10.5. The maximum Gasteiger partial charge on any atom is 0.416 e. The van der Waals surface area contributed by atoms with Gasteiger partial charge in [0.1, 0.15) is 0 Å². The number of carbonyl (C=O) groups excluding carboxylic acids is 2. The molecule has 0 radical (unpaired) electrons. The molecule has 0 spiro atoms. The first-order chi connectivity index (χ1) is 18.2. The number of hydrogen-bond acceptors (Lipinski definition) is 6. The maximum atomic E-state index is 13.0. The number of hydrogen-bond donors (Lipinski definition) is 4. The summed E-state index contributed by atoms with van der Waals surface area (Å²) in [7, 11) is 0. The van der Waals surface area contributed by atoms with Crippen LogP contribution in [0.15, 0.2) is 42.5 Å². The standard InChI is InChI=1S/C27H30F3N3O5/c28-27(29,30)20-3-1-2-18(10-20)25(36)32-13-24(35)33-26(14-31-12-23(26)34)19-7-4-16(5-8-19)17-6-9-21-22(11-17)38-15-37-21/h1-3,6,9-11,16,19,23,31,34H,4-5,7-8,12-15H2,(H,32,36)(H,33,35)/t16?,19?,23-,26+/m0/s1. The summed E-state index contributed by atoms with van der Waals surface area (Å²) in [6.45, 7) is 0.523. The highest BCUT2D eigenvalue weighted by atomic mass is 19.4. The van der Waals surface area contributed by atoms with Crippen molar-refractivity contribution in [2.24, 2.45) is 5.92 Å². The zero-order chi connectivity index (χ0) is 26.9. The fourth-order valence-electron chi connectivity index (χ4n) is 5.87. The van der Waals surface area contributed by atoms with E-state index in [0.717, 1.165) is 55.4 Å². The Kier molecular flexibility index (Phi) is 7.23. The average molecular weight is 534 g/mol. The average Bonchev–Trinajstić information content (AvgIpc) is 3.53. The molecule has 204 valence electrons. The highest BCUT2D eigenvalue weighted by Crippen LogP contribution is 2.44. The number of aliphatic hydroxyl groups is 1. The summed E-state index contributed by atoms with van der Waals surface area (Å²) in [5.74, 6) is 0.536. The molecule has 2 heterocycles. The molecular formula is C27H30F3N3O5. The van der Waals surface area contributed by atoms with Gasteiger partial charge in [0.05, 0.1) is 23.8 Å². The van der Waals surface area contributed by atoms with Crippen molar-refractivity contribution in [1.29, 1.82) is 0 Å². The van der Waals surface area contributed by atoms with Crippen LogP contribution in [0, 0.1) is 5.92 Å². The molecule has 8 nitrogen and oxygen atoms in total. The van der Waals surface area contributed by atoms with Crippen molar-refractivity contribution in [3.8, 4) is 11.5 Å². The summed E-state index contributed by atoms with van der Waals surface area (Å²) in [5, 5.41) is 19.4. The van der Waals surface area contributed by atoms with Gasteiger partial charge in [-0.15, -0.1) is 0 Å². The number of halogens is 3. The van der Waals surface area contributed by atoms with Crippen molar-refractivity contribution in [2.45, 2.75) is 49.4 Å². The van der Waals surface area contributed by atoms with Crippen molar-refractivity contribution in [2.75, 3.05) is 26.4 Å². The van der Waals surface area contributed by atoms with E-state index in [0.29, 0.717) is 19.0 Å². The van der Waals surface area contributed by atoms with Gasteiger partial charge < -0.3 is 30.5 Å². The van der Waals surface area contributed by atoms with E-state index in [1.807, 2.05) is 12.1 Å². The molecule has 1 saturated carbocycles. The van der Waals surface area contributed by atoms with Crippen LogP contribution in [0.4, 0.5) is 13.2 Å².